The number of ether oxygens (including phenoxy) is 1. The Hall–Kier alpha value is -2.79. The molecule has 0 spiro atoms. The van der Waals surface area contributed by atoms with Gasteiger partial charge in [-0.25, -0.2) is 0 Å². The molecular formula is C24H29N3O2. The third-order valence-electron chi connectivity index (χ3n) is 5.83. The maximum atomic E-state index is 12.6. The predicted molar refractivity (Wildman–Crippen MR) is 116 cm³/mol. The summed E-state index contributed by atoms with van der Waals surface area (Å²) < 4.78 is 5.31. The summed E-state index contributed by atoms with van der Waals surface area (Å²) in [6.45, 7) is 3.11. The molecule has 0 radical (unpaired) electrons. The minimum absolute atomic E-state index is 0.0716. The second kappa shape index (κ2) is 9.14. The van der Waals surface area contributed by atoms with E-state index in [4.69, 9.17) is 4.74 Å². The molecule has 0 aliphatic carbocycles. The van der Waals surface area contributed by atoms with E-state index in [9.17, 15) is 4.79 Å². The molecule has 0 unspecified atom stereocenters. The lowest BCUT2D eigenvalue weighted by Crippen LogP contribution is -2.41. The maximum Gasteiger partial charge on any atom is 0.234 e. The third kappa shape index (κ3) is 4.62. The summed E-state index contributed by atoms with van der Waals surface area (Å²) in [6.07, 6.45) is 5.72. The highest BCUT2D eigenvalue weighted by Gasteiger charge is 2.20. The van der Waals surface area contributed by atoms with Crippen LogP contribution in [-0.4, -0.2) is 49.1 Å². The van der Waals surface area contributed by atoms with E-state index in [1.807, 2.05) is 18.2 Å². The Morgan fingerprint density at radius 3 is 2.62 bits per heavy atom. The van der Waals surface area contributed by atoms with Crippen LogP contribution in [0.5, 0.6) is 5.75 Å². The topological polar surface area (TPSA) is 57.4 Å². The first-order valence-corrected chi connectivity index (χ1v) is 10.4. The number of likely N-dealkylation sites (tertiary alicyclic amines) is 1. The third-order valence-corrected chi connectivity index (χ3v) is 5.83. The molecule has 1 aromatic heterocycles. The number of nitrogens with one attached hydrogen (secondary N) is 2. The molecular weight excluding hydrogens is 362 g/mol. The van der Waals surface area contributed by atoms with Crippen LogP contribution in [0.15, 0.2) is 54.7 Å². The van der Waals surface area contributed by atoms with Gasteiger partial charge in [-0.3, -0.25) is 9.69 Å². The zero-order valence-corrected chi connectivity index (χ0v) is 17.0. The lowest BCUT2D eigenvalue weighted by molar-refractivity contribution is -0.122. The van der Waals surface area contributed by atoms with E-state index >= 15 is 0 Å². The SMILES string of the molecule is COc1ccc([C@@H](CNC(=O)CN2CCCCC2)c2c[nH]c3ccccc23)cc1. The molecule has 2 N–H and O–H groups in total. The molecule has 1 atom stereocenters. The summed E-state index contributed by atoms with van der Waals surface area (Å²) in [5.74, 6) is 1.01. The van der Waals surface area contributed by atoms with Crippen LogP contribution in [0.25, 0.3) is 10.9 Å². The molecule has 5 nitrogen and oxygen atoms in total. The maximum absolute atomic E-state index is 12.6. The molecule has 1 amide bonds. The van der Waals surface area contributed by atoms with Crippen LogP contribution in [-0.2, 0) is 4.79 Å². The summed E-state index contributed by atoms with van der Waals surface area (Å²) in [6, 6.07) is 16.4. The average Bonchev–Trinajstić information content (AvgIpc) is 3.19. The van der Waals surface area contributed by atoms with Crippen molar-refractivity contribution in [3.05, 3.63) is 65.9 Å². The Bertz CT molecular complexity index is 942. The van der Waals surface area contributed by atoms with Gasteiger partial charge < -0.3 is 15.0 Å². The van der Waals surface area contributed by atoms with Gasteiger partial charge in [-0.1, -0.05) is 36.8 Å². The lowest BCUT2D eigenvalue weighted by Gasteiger charge is -2.26. The Kier molecular flexibility index (Phi) is 6.15. The molecule has 3 aromatic rings. The fourth-order valence-electron chi connectivity index (χ4n) is 4.22. The van der Waals surface area contributed by atoms with Crippen LogP contribution in [0.4, 0.5) is 0 Å². The Labute approximate surface area is 172 Å². The molecule has 4 rings (SSSR count). The van der Waals surface area contributed by atoms with E-state index in [-0.39, 0.29) is 11.8 Å². The predicted octanol–water partition coefficient (Wildman–Crippen LogP) is 3.91. The van der Waals surface area contributed by atoms with Crippen LogP contribution < -0.4 is 10.1 Å². The Morgan fingerprint density at radius 1 is 1.10 bits per heavy atom. The number of hydrogen-bond acceptors (Lipinski definition) is 3. The van der Waals surface area contributed by atoms with Gasteiger partial charge in [-0.15, -0.1) is 0 Å². The Balaban J connectivity index is 1.54. The van der Waals surface area contributed by atoms with Crippen molar-refractivity contribution >= 4 is 16.8 Å². The number of H-pyrrole nitrogens is 1. The summed E-state index contributed by atoms with van der Waals surface area (Å²) in [4.78, 5) is 18.2. The number of nitrogens with zero attached hydrogens (tertiary/aromatic N) is 1. The first-order valence-electron chi connectivity index (χ1n) is 10.4. The number of amides is 1. The highest BCUT2D eigenvalue weighted by molar-refractivity contribution is 5.84. The van der Waals surface area contributed by atoms with Gasteiger partial charge in [0.25, 0.3) is 0 Å². The largest absolute Gasteiger partial charge is 0.497 e. The number of rotatable bonds is 7. The van der Waals surface area contributed by atoms with Gasteiger partial charge in [0.05, 0.1) is 13.7 Å². The number of carbonyl (C=O) groups is 1. The normalized spacial score (nSPS) is 15.9. The Morgan fingerprint density at radius 2 is 1.86 bits per heavy atom. The number of hydrogen-bond donors (Lipinski definition) is 2. The average molecular weight is 392 g/mol. The number of aromatic amines is 1. The molecule has 2 heterocycles. The van der Waals surface area contributed by atoms with Crippen LogP contribution in [0.2, 0.25) is 0 Å². The second-order valence-electron chi connectivity index (χ2n) is 7.76. The molecule has 2 aromatic carbocycles. The van der Waals surface area contributed by atoms with Crippen LogP contribution in [0, 0.1) is 0 Å². The van der Waals surface area contributed by atoms with E-state index in [0.29, 0.717) is 13.1 Å². The molecule has 5 heteroatoms. The number of carbonyl (C=O) groups excluding carboxylic acids is 1. The zero-order chi connectivity index (χ0) is 20.1. The fraction of sp³-hybridized carbons (Fsp3) is 0.375. The van der Waals surface area contributed by atoms with E-state index in [1.165, 1.54) is 30.2 Å². The van der Waals surface area contributed by atoms with Crippen molar-refractivity contribution in [2.75, 3.05) is 33.3 Å². The molecule has 0 bridgehead atoms. The van der Waals surface area contributed by atoms with Gasteiger partial charge in [-0.05, 0) is 55.3 Å². The highest BCUT2D eigenvalue weighted by atomic mass is 16.5. The van der Waals surface area contributed by atoms with Crippen molar-refractivity contribution in [3.8, 4) is 5.75 Å². The quantitative estimate of drug-likeness (QED) is 0.642. The summed E-state index contributed by atoms with van der Waals surface area (Å²) >= 11 is 0. The van der Waals surface area contributed by atoms with E-state index in [0.717, 1.165) is 29.9 Å². The van der Waals surface area contributed by atoms with E-state index in [1.54, 1.807) is 7.11 Å². The summed E-state index contributed by atoms with van der Waals surface area (Å²) in [7, 11) is 1.67. The minimum Gasteiger partial charge on any atom is -0.497 e. The van der Waals surface area contributed by atoms with Crippen molar-refractivity contribution in [3.63, 3.8) is 0 Å². The second-order valence-corrected chi connectivity index (χ2v) is 7.76. The number of benzene rings is 2. The van der Waals surface area contributed by atoms with Crippen molar-refractivity contribution in [2.45, 2.75) is 25.2 Å². The highest BCUT2D eigenvalue weighted by Crippen LogP contribution is 2.31. The molecule has 29 heavy (non-hydrogen) atoms. The van der Waals surface area contributed by atoms with E-state index < -0.39 is 0 Å². The van der Waals surface area contributed by atoms with Gasteiger partial charge >= 0.3 is 0 Å². The summed E-state index contributed by atoms with van der Waals surface area (Å²) in [5, 5.41) is 4.38. The van der Waals surface area contributed by atoms with E-state index in [2.05, 4.69) is 51.7 Å². The van der Waals surface area contributed by atoms with Crippen molar-refractivity contribution in [1.82, 2.24) is 15.2 Å². The van der Waals surface area contributed by atoms with Crippen LogP contribution in [0.3, 0.4) is 0 Å². The van der Waals surface area contributed by atoms with Gasteiger partial charge in [0.15, 0.2) is 0 Å². The van der Waals surface area contributed by atoms with Gasteiger partial charge in [0.1, 0.15) is 5.75 Å². The van der Waals surface area contributed by atoms with Crippen molar-refractivity contribution in [1.29, 1.82) is 0 Å². The van der Waals surface area contributed by atoms with Crippen molar-refractivity contribution in [2.24, 2.45) is 0 Å². The van der Waals surface area contributed by atoms with Gasteiger partial charge in [0.2, 0.25) is 5.91 Å². The zero-order valence-electron chi connectivity index (χ0n) is 17.0. The number of para-hydroxylation sites is 1. The first kappa shape index (κ1) is 19.5. The smallest absolute Gasteiger partial charge is 0.234 e. The summed E-state index contributed by atoms with van der Waals surface area (Å²) in [5.41, 5.74) is 3.47. The standard InChI is InChI=1S/C24H29N3O2/c1-29-19-11-9-18(10-12-19)21(22-16-25-23-8-4-3-7-20(22)23)15-26-24(28)17-27-13-5-2-6-14-27/h3-4,7-12,16,21,25H,2,5-6,13-15,17H2,1H3,(H,26,28)/t21-/m1/s1. The molecule has 1 saturated heterocycles. The molecule has 1 aliphatic heterocycles. The van der Waals surface area contributed by atoms with Crippen molar-refractivity contribution < 1.29 is 9.53 Å². The monoisotopic (exact) mass is 391 g/mol. The molecule has 1 fully saturated rings. The molecule has 1 aliphatic rings. The number of fused-ring (bicyclic) bond motifs is 1. The van der Waals surface area contributed by atoms with Gasteiger partial charge in [0, 0.05) is 29.6 Å². The van der Waals surface area contributed by atoms with Gasteiger partial charge in [-0.2, -0.15) is 0 Å². The minimum atomic E-state index is 0.0716. The lowest BCUT2D eigenvalue weighted by atomic mass is 9.90. The number of methoxy groups -OCH3 is 1. The number of piperidine rings is 1. The van der Waals surface area contributed by atoms with Crippen LogP contribution >= 0.6 is 0 Å². The number of aromatic nitrogens is 1. The first-order chi connectivity index (χ1) is 14.2. The fourth-order valence-corrected chi connectivity index (χ4v) is 4.22. The van der Waals surface area contributed by atoms with Crippen LogP contribution in [0.1, 0.15) is 36.3 Å². The molecule has 0 saturated carbocycles. The molecule has 152 valence electrons.